The number of piperazine rings is 1. The first-order valence-electron chi connectivity index (χ1n) is 8.07. The number of amides is 1. The molecule has 0 aromatic rings. The molecule has 0 unspecified atom stereocenters. The van der Waals surface area contributed by atoms with Crippen LogP contribution in [0.25, 0.3) is 0 Å². The molecular weight excluding hydrogens is 284 g/mol. The highest BCUT2D eigenvalue weighted by molar-refractivity contribution is 7.98. The summed E-state index contributed by atoms with van der Waals surface area (Å²) >= 11 is 1.75. The van der Waals surface area contributed by atoms with Crippen LogP contribution < -0.4 is 5.73 Å². The first kappa shape index (κ1) is 17.1. The van der Waals surface area contributed by atoms with Gasteiger partial charge in [-0.15, -0.1) is 0 Å². The normalized spacial score (nSPS) is 24.2. The summed E-state index contributed by atoms with van der Waals surface area (Å²) in [5, 5.41) is 0. The number of nitrogens with two attached hydrogens (primary N) is 1. The highest BCUT2D eigenvalue weighted by Gasteiger charge is 2.29. The lowest BCUT2D eigenvalue weighted by Crippen LogP contribution is -2.56. The van der Waals surface area contributed by atoms with Crippen LogP contribution in [0.5, 0.6) is 0 Å². The molecule has 2 rings (SSSR count). The number of piperidine rings is 1. The fourth-order valence-electron chi connectivity index (χ4n) is 3.27. The molecule has 2 aliphatic heterocycles. The van der Waals surface area contributed by atoms with Gasteiger partial charge in [-0.25, -0.2) is 0 Å². The first-order chi connectivity index (χ1) is 10.1. The zero-order chi connectivity index (χ0) is 15.2. The van der Waals surface area contributed by atoms with E-state index in [9.17, 15) is 4.79 Å². The summed E-state index contributed by atoms with van der Waals surface area (Å²) in [7, 11) is 2.20. The van der Waals surface area contributed by atoms with E-state index in [2.05, 4.69) is 23.1 Å². The Morgan fingerprint density at radius 2 is 1.81 bits per heavy atom. The van der Waals surface area contributed by atoms with E-state index < -0.39 is 0 Å². The second kappa shape index (κ2) is 8.36. The maximum atomic E-state index is 12.3. The Hall–Kier alpha value is -0.300. The molecule has 0 spiro atoms. The van der Waals surface area contributed by atoms with Crippen molar-refractivity contribution >= 4 is 17.7 Å². The number of likely N-dealkylation sites (tertiary alicyclic amines) is 1. The maximum Gasteiger partial charge on any atom is 0.239 e. The van der Waals surface area contributed by atoms with Gasteiger partial charge in [0, 0.05) is 32.2 Å². The van der Waals surface area contributed by atoms with Gasteiger partial charge in [-0.05, 0) is 51.4 Å². The minimum Gasteiger partial charge on any atom is -0.339 e. The van der Waals surface area contributed by atoms with E-state index in [1.807, 2.05) is 4.90 Å². The highest BCUT2D eigenvalue weighted by Crippen LogP contribution is 2.17. The van der Waals surface area contributed by atoms with E-state index in [1.165, 1.54) is 25.9 Å². The zero-order valence-electron chi connectivity index (χ0n) is 13.5. The fraction of sp³-hybridized carbons (Fsp3) is 0.933. The van der Waals surface area contributed by atoms with Crippen molar-refractivity contribution in [2.75, 3.05) is 58.3 Å². The van der Waals surface area contributed by atoms with Crippen molar-refractivity contribution in [3.05, 3.63) is 0 Å². The number of hydrogen-bond acceptors (Lipinski definition) is 5. The van der Waals surface area contributed by atoms with Crippen LogP contribution in [-0.2, 0) is 4.79 Å². The molecule has 2 saturated heterocycles. The van der Waals surface area contributed by atoms with Crippen molar-refractivity contribution in [2.24, 2.45) is 5.73 Å². The molecule has 1 atom stereocenters. The van der Waals surface area contributed by atoms with Gasteiger partial charge < -0.3 is 15.5 Å². The van der Waals surface area contributed by atoms with Gasteiger partial charge in [-0.2, -0.15) is 11.8 Å². The topological polar surface area (TPSA) is 52.8 Å². The summed E-state index contributed by atoms with van der Waals surface area (Å²) in [6, 6.07) is 0.399. The van der Waals surface area contributed by atoms with E-state index in [1.54, 1.807) is 11.8 Å². The predicted molar refractivity (Wildman–Crippen MR) is 89.6 cm³/mol. The lowest BCUT2D eigenvalue weighted by Gasteiger charge is -2.42. The Kier molecular flexibility index (Phi) is 6.79. The van der Waals surface area contributed by atoms with Gasteiger partial charge in [0.1, 0.15) is 0 Å². The van der Waals surface area contributed by atoms with Crippen LogP contribution in [0.2, 0.25) is 0 Å². The van der Waals surface area contributed by atoms with Crippen molar-refractivity contribution in [1.29, 1.82) is 0 Å². The molecule has 6 heteroatoms. The Morgan fingerprint density at radius 3 is 2.38 bits per heavy atom. The van der Waals surface area contributed by atoms with Crippen LogP contribution in [0, 0.1) is 0 Å². The monoisotopic (exact) mass is 314 g/mol. The molecule has 2 N–H and O–H groups in total. The molecule has 0 radical (unpaired) electrons. The third-order valence-corrected chi connectivity index (χ3v) is 5.42. The smallest absolute Gasteiger partial charge is 0.239 e. The van der Waals surface area contributed by atoms with Gasteiger partial charge >= 0.3 is 0 Å². The molecule has 0 aromatic heterocycles. The van der Waals surface area contributed by atoms with E-state index >= 15 is 0 Å². The minimum absolute atomic E-state index is 0.145. The largest absolute Gasteiger partial charge is 0.339 e. The van der Waals surface area contributed by atoms with Gasteiger partial charge in [0.25, 0.3) is 0 Å². The van der Waals surface area contributed by atoms with E-state index in [4.69, 9.17) is 5.73 Å². The highest BCUT2D eigenvalue weighted by atomic mass is 32.2. The van der Waals surface area contributed by atoms with Crippen LogP contribution in [0.3, 0.4) is 0 Å². The predicted octanol–water partition coefficient (Wildman–Crippen LogP) is 0.305. The standard InChI is InChI=1S/C15H30N4OS/c1-17-6-3-13(4-7-17)18-8-10-19(11-9-18)15(20)14(16)5-12-21-2/h13-14H,3-12,16H2,1-2H3/t14-/m0/s1. The maximum absolute atomic E-state index is 12.3. The number of thioether (sulfide) groups is 1. The van der Waals surface area contributed by atoms with Gasteiger partial charge in [0.15, 0.2) is 0 Å². The molecule has 0 bridgehead atoms. The van der Waals surface area contributed by atoms with Gasteiger partial charge in [0.05, 0.1) is 6.04 Å². The number of hydrogen-bond donors (Lipinski definition) is 1. The molecule has 122 valence electrons. The van der Waals surface area contributed by atoms with Crippen LogP contribution in [0.4, 0.5) is 0 Å². The Bertz CT molecular complexity index is 326. The second-order valence-electron chi connectivity index (χ2n) is 6.28. The van der Waals surface area contributed by atoms with Crippen LogP contribution in [0.1, 0.15) is 19.3 Å². The third-order valence-electron chi connectivity index (χ3n) is 4.78. The van der Waals surface area contributed by atoms with E-state index in [0.29, 0.717) is 6.04 Å². The van der Waals surface area contributed by atoms with E-state index in [0.717, 1.165) is 38.4 Å². The number of carbonyl (C=O) groups excluding carboxylic acids is 1. The SMILES string of the molecule is CSCC[C@H](N)C(=O)N1CCN(C2CCN(C)CC2)CC1. The van der Waals surface area contributed by atoms with Gasteiger partial charge in [-0.1, -0.05) is 0 Å². The number of carbonyl (C=O) groups is 1. The number of rotatable bonds is 5. The summed E-state index contributed by atoms with van der Waals surface area (Å²) in [6.07, 6.45) is 5.36. The summed E-state index contributed by atoms with van der Waals surface area (Å²) in [5.74, 6) is 1.11. The molecule has 0 saturated carbocycles. The van der Waals surface area contributed by atoms with Crippen LogP contribution >= 0.6 is 11.8 Å². The third kappa shape index (κ3) is 4.84. The Morgan fingerprint density at radius 1 is 1.19 bits per heavy atom. The Labute approximate surface area is 133 Å². The van der Waals surface area contributed by atoms with Crippen molar-refractivity contribution in [1.82, 2.24) is 14.7 Å². The number of nitrogens with zero attached hydrogens (tertiary/aromatic N) is 3. The van der Waals surface area contributed by atoms with Crippen molar-refractivity contribution in [2.45, 2.75) is 31.3 Å². The quantitative estimate of drug-likeness (QED) is 0.791. The summed E-state index contributed by atoms with van der Waals surface area (Å²) in [5.41, 5.74) is 6.00. The van der Waals surface area contributed by atoms with Crippen molar-refractivity contribution in [3.63, 3.8) is 0 Å². The lowest BCUT2D eigenvalue weighted by molar-refractivity contribution is -0.134. The molecule has 2 aliphatic rings. The molecule has 0 aromatic carbocycles. The van der Waals surface area contributed by atoms with Crippen LogP contribution in [0.15, 0.2) is 0 Å². The van der Waals surface area contributed by atoms with Crippen LogP contribution in [-0.4, -0.2) is 91.0 Å². The molecular formula is C15H30N4OS. The zero-order valence-corrected chi connectivity index (χ0v) is 14.3. The molecule has 2 heterocycles. The molecule has 5 nitrogen and oxygen atoms in total. The summed E-state index contributed by atoms with van der Waals surface area (Å²) in [6.45, 7) is 6.10. The molecule has 2 fully saturated rings. The summed E-state index contributed by atoms with van der Waals surface area (Å²) in [4.78, 5) is 19.2. The average Bonchev–Trinajstić information content (AvgIpc) is 2.53. The van der Waals surface area contributed by atoms with Gasteiger partial charge in [0.2, 0.25) is 5.91 Å². The molecule has 21 heavy (non-hydrogen) atoms. The van der Waals surface area contributed by atoms with Crippen molar-refractivity contribution < 1.29 is 4.79 Å². The first-order valence-corrected chi connectivity index (χ1v) is 9.47. The second-order valence-corrected chi connectivity index (χ2v) is 7.27. The fourth-order valence-corrected chi connectivity index (χ4v) is 3.76. The van der Waals surface area contributed by atoms with E-state index in [-0.39, 0.29) is 11.9 Å². The minimum atomic E-state index is -0.313. The molecule has 1 amide bonds. The molecule has 0 aliphatic carbocycles. The van der Waals surface area contributed by atoms with Crippen molar-refractivity contribution in [3.8, 4) is 0 Å². The van der Waals surface area contributed by atoms with Gasteiger partial charge in [-0.3, -0.25) is 9.69 Å². The lowest BCUT2D eigenvalue weighted by atomic mass is 10.0. The summed E-state index contributed by atoms with van der Waals surface area (Å²) < 4.78 is 0. The Balaban J connectivity index is 1.73. The average molecular weight is 314 g/mol.